The van der Waals surface area contributed by atoms with Gasteiger partial charge in [-0.05, 0) is 12.3 Å². The second-order valence-corrected chi connectivity index (χ2v) is 4.21. The van der Waals surface area contributed by atoms with E-state index in [1.54, 1.807) is 0 Å². The SMILES string of the molecule is CC(C)CC1CN(CC=O)CCN1. The van der Waals surface area contributed by atoms with Crippen molar-refractivity contribution in [3.8, 4) is 0 Å². The van der Waals surface area contributed by atoms with Crippen LogP contribution in [0, 0.1) is 5.92 Å². The average Bonchev–Trinajstić information content (AvgIpc) is 2.04. The van der Waals surface area contributed by atoms with Crippen molar-refractivity contribution in [1.82, 2.24) is 10.2 Å². The van der Waals surface area contributed by atoms with Crippen LogP contribution in [0.5, 0.6) is 0 Å². The van der Waals surface area contributed by atoms with E-state index in [0.29, 0.717) is 12.6 Å². The molecule has 1 fully saturated rings. The molecule has 13 heavy (non-hydrogen) atoms. The topological polar surface area (TPSA) is 32.3 Å². The zero-order valence-corrected chi connectivity index (χ0v) is 8.62. The average molecular weight is 184 g/mol. The summed E-state index contributed by atoms with van der Waals surface area (Å²) < 4.78 is 0. The molecule has 0 amide bonds. The van der Waals surface area contributed by atoms with Crippen LogP contribution in [0.1, 0.15) is 20.3 Å². The summed E-state index contributed by atoms with van der Waals surface area (Å²) in [6, 6.07) is 0.577. The van der Waals surface area contributed by atoms with Crippen LogP contribution >= 0.6 is 0 Å². The van der Waals surface area contributed by atoms with Gasteiger partial charge in [-0.1, -0.05) is 13.8 Å². The number of aldehydes is 1. The highest BCUT2D eigenvalue weighted by molar-refractivity contribution is 5.52. The molecule has 1 heterocycles. The minimum atomic E-state index is 0.577. The molecule has 0 bridgehead atoms. The van der Waals surface area contributed by atoms with Crippen molar-refractivity contribution in [1.29, 1.82) is 0 Å². The van der Waals surface area contributed by atoms with Crippen LogP contribution in [0.15, 0.2) is 0 Å². The first-order chi connectivity index (χ1) is 6.22. The second kappa shape index (κ2) is 5.35. The van der Waals surface area contributed by atoms with Gasteiger partial charge in [0.05, 0.1) is 6.54 Å². The third kappa shape index (κ3) is 3.87. The number of carbonyl (C=O) groups excluding carboxylic acids is 1. The lowest BCUT2D eigenvalue weighted by molar-refractivity contribution is -0.109. The van der Waals surface area contributed by atoms with E-state index in [1.165, 1.54) is 6.42 Å². The van der Waals surface area contributed by atoms with Gasteiger partial charge < -0.3 is 10.1 Å². The van der Waals surface area contributed by atoms with Crippen LogP contribution < -0.4 is 5.32 Å². The molecule has 76 valence electrons. The van der Waals surface area contributed by atoms with E-state index in [-0.39, 0.29) is 0 Å². The van der Waals surface area contributed by atoms with Crippen LogP contribution in [0.3, 0.4) is 0 Å². The van der Waals surface area contributed by atoms with Crippen LogP contribution in [0.2, 0.25) is 0 Å². The smallest absolute Gasteiger partial charge is 0.133 e. The van der Waals surface area contributed by atoms with E-state index in [1.807, 2.05) is 0 Å². The highest BCUT2D eigenvalue weighted by Gasteiger charge is 2.18. The summed E-state index contributed by atoms with van der Waals surface area (Å²) in [7, 11) is 0. The summed E-state index contributed by atoms with van der Waals surface area (Å²) in [5.41, 5.74) is 0. The van der Waals surface area contributed by atoms with Crippen molar-refractivity contribution in [2.45, 2.75) is 26.3 Å². The minimum absolute atomic E-state index is 0.577. The zero-order valence-electron chi connectivity index (χ0n) is 8.62. The monoisotopic (exact) mass is 184 g/mol. The molecule has 3 nitrogen and oxygen atoms in total. The van der Waals surface area contributed by atoms with Crippen LogP contribution in [-0.4, -0.2) is 43.4 Å². The Morgan fingerprint density at radius 1 is 1.62 bits per heavy atom. The molecule has 0 spiro atoms. The van der Waals surface area contributed by atoms with Crippen LogP contribution in [0.4, 0.5) is 0 Å². The number of hydrogen-bond acceptors (Lipinski definition) is 3. The summed E-state index contributed by atoms with van der Waals surface area (Å²) in [5, 5.41) is 3.48. The molecule has 0 aromatic rings. The Kier molecular flexibility index (Phi) is 4.39. The van der Waals surface area contributed by atoms with E-state index in [9.17, 15) is 4.79 Å². The minimum Gasteiger partial charge on any atom is -0.311 e. The third-order valence-electron chi connectivity index (χ3n) is 2.43. The first-order valence-corrected chi connectivity index (χ1v) is 5.11. The van der Waals surface area contributed by atoms with Gasteiger partial charge in [-0.3, -0.25) is 4.90 Å². The number of piperazine rings is 1. The quantitative estimate of drug-likeness (QED) is 0.646. The molecule has 1 saturated heterocycles. The van der Waals surface area contributed by atoms with Crippen molar-refractivity contribution in [2.75, 3.05) is 26.2 Å². The third-order valence-corrected chi connectivity index (χ3v) is 2.43. The number of nitrogens with one attached hydrogen (secondary N) is 1. The molecule has 1 rings (SSSR count). The van der Waals surface area contributed by atoms with E-state index < -0.39 is 0 Å². The zero-order chi connectivity index (χ0) is 9.68. The first-order valence-electron chi connectivity index (χ1n) is 5.11. The molecule has 1 aliphatic heterocycles. The summed E-state index contributed by atoms with van der Waals surface area (Å²) in [5.74, 6) is 0.730. The molecule has 0 saturated carbocycles. The van der Waals surface area contributed by atoms with E-state index >= 15 is 0 Å². The highest BCUT2D eigenvalue weighted by atomic mass is 16.1. The van der Waals surface area contributed by atoms with Gasteiger partial charge in [0.1, 0.15) is 6.29 Å². The Morgan fingerprint density at radius 3 is 3.00 bits per heavy atom. The lowest BCUT2D eigenvalue weighted by Crippen LogP contribution is -2.51. The molecule has 0 aromatic heterocycles. The fourth-order valence-electron chi connectivity index (χ4n) is 1.89. The molecule has 1 N–H and O–H groups in total. The molecule has 1 aliphatic rings. The largest absolute Gasteiger partial charge is 0.311 e. The van der Waals surface area contributed by atoms with E-state index in [4.69, 9.17) is 0 Å². The molecule has 1 atom stereocenters. The highest BCUT2D eigenvalue weighted by Crippen LogP contribution is 2.08. The van der Waals surface area contributed by atoms with Crippen LogP contribution in [0.25, 0.3) is 0 Å². The van der Waals surface area contributed by atoms with Crippen LogP contribution in [-0.2, 0) is 4.79 Å². The Morgan fingerprint density at radius 2 is 2.38 bits per heavy atom. The van der Waals surface area contributed by atoms with Gasteiger partial charge >= 0.3 is 0 Å². The van der Waals surface area contributed by atoms with Gasteiger partial charge in [-0.2, -0.15) is 0 Å². The van der Waals surface area contributed by atoms with Gasteiger partial charge in [-0.15, -0.1) is 0 Å². The van der Waals surface area contributed by atoms with E-state index in [2.05, 4.69) is 24.1 Å². The van der Waals surface area contributed by atoms with Gasteiger partial charge in [-0.25, -0.2) is 0 Å². The fraction of sp³-hybridized carbons (Fsp3) is 0.900. The number of hydrogen-bond donors (Lipinski definition) is 1. The van der Waals surface area contributed by atoms with Gasteiger partial charge in [0.2, 0.25) is 0 Å². The summed E-state index contributed by atoms with van der Waals surface area (Å²) in [6.45, 7) is 8.12. The molecular weight excluding hydrogens is 164 g/mol. The molecular formula is C10H20N2O. The van der Waals surface area contributed by atoms with Gasteiger partial charge in [0.15, 0.2) is 0 Å². The van der Waals surface area contributed by atoms with E-state index in [0.717, 1.165) is 31.8 Å². The lowest BCUT2D eigenvalue weighted by Gasteiger charge is -2.33. The van der Waals surface area contributed by atoms with Crippen molar-refractivity contribution in [2.24, 2.45) is 5.92 Å². The summed E-state index contributed by atoms with van der Waals surface area (Å²) >= 11 is 0. The predicted molar refractivity (Wildman–Crippen MR) is 53.7 cm³/mol. The Bertz CT molecular complexity index is 159. The molecule has 1 unspecified atom stereocenters. The summed E-state index contributed by atoms with van der Waals surface area (Å²) in [6.07, 6.45) is 2.20. The van der Waals surface area contributed by atoms with Gasteiger partial charge in [0, 0.05) is 25.7 Å². The Hall–Kier alpha value is -0.410. The van der Waals surface area contributed by atoms with Crippen molar-refractivity contribution in [3.05, 3.63) is 0 Å². The normalized spacial score (nSPS) is 25.0. The lowest BCUT2D eigenvalue weighted by atomic mass is 10.0. The Labute approximate surface area is 80.5 Å². The number of carbonyl (C=O) groups is 1. The number of rotatable bonds is 4. The van der Waals surface area contributed by atoms with Gasteiger partial charge in [0.25, 0.3) is 0 Å². The first kappa shape index (κ1) is 10.7. The fourth-order valence-corrected chi connectivity index (χ4v) is 1.89. The van der Waals surface area contributed by atoms with Crippen molar-refractivity contribution < 1.29 is 4.79 Å². The predicted octanol–water partition coefficient (Wildman–Crippen LogP) is 0.505. The maximum absolute atomic E-state index is 10.3. The molecule has 0 radical (unpaired) electrons. The van der Waals surface area contributed by atoms with Crippen molar-refractivity contribution >= 4 is 6.29 Å². The standard InChI is InChI=1S/C10H20N2O/c1-9(2)7-10-8-12(5-6-13)4-3-11-10/h6,9-11H,3-5,7-8H2,1-2H3. The maximum Gasteiger partial charge on any atom is 0.133 e. The Balaban J connectivity index is 2.28. The second-order valence-electron chi connectivity index (χ2n) is 4.21. The van der Waals surface area contributed by atoms with Crippen molar-refractivity contribution in [3.63, 3.8) is 0 Å². The maximum atomic E-state index is 10.3. The summed E-state index contributed by atoms with van der Waals surface area (Å²) in [4.78, 5) is 12.6. The molecule has 0 aromatic carbocycles. The number of nitrogens with zero attached hydrogens (tertiary/aromatic N) is 1. The molecule has 3 heteroatoms. The molecule has 0 aliphatic carbocycles.